The number of benzene rings is 2. The number of ether oxygens (including phenoxy) is 1. The molecule has 0 aliphatic carbocycles. The van der Waals surface area contributed by atoms with Crippen LogP contribution in [0, 0.1) is 0 Å². The van der Waals surface area contributed by atoms with Crippen molar-refractivity contribution in [2.24, 2.45) is 4.99 Å². The van der Waals surface area contributed by atoms with Crippen LogP contribution in [0.15, 0.2) is 53.2 Å². The van der Waals surface area contributed by atoms with Crippen molar-refractivity contribution in [3.8, 4) is 0 Å². The Morgan fingerprint density at radius 3 is 2.71 bits per heavy atom. The fourth-order valence-electron chi connectivity index (χ4n) is 3.01. The second-order valence-corrected chi connectivity index (χ2v) is 5.87. The second kappa shape index (κ2) is 5.78. The Morgan fingerprint density at radius 2 is 1.88 bits per heavy atom. The minimum atomic E-state index is -0.196. The lowest BCUT2D eigenvalue weighted by atomic mass is 10.0. The molecule has 6 heteroatoms. The van der Waals surface area contributed by atoms with E-state index in [1.807, 2.05) is 36.4 Å². The van der Waals surface area contributed by atoms with Crippen molar-refractivity contribution < 1.29 is 9.53 Å². The van der Waals surface area contributed by atoms with Crippen LogP contribution in [0.2, 0.25) is 5.02 Å². The van der Waals surface area contributed by atoms with Crippen molar-refractivity contribution in [3.05, 3.63) is 64.3 Å². The number of nitrogens with zero attached hydrogens (tertiary/aromatic N) is 1. The number of hydrogen-bond donors (Lipinski definition) is 2. The molecule has 0 radical (unpaired) electrons. The smallest absolute Gasteiger partial charge is 0.258 e. The van der Waals surface area contributed by atoms with Gasteiger partial charge in [0.2, 0.25) is 0 Å². The Hall–Kier alpha value is -2.63. The van der Waals surface area contributed by atoms with Gasteiger partial charge in [-0.05, 0) is 12.1 Å². The zero-order chi connectivity index (χ0) is 16.7. The van der Waals surface area contributed by atoms with Gasteiger partial charge < -0.3 is 15.4 Å². The van der Waals surface area contributed by atoms with Crippen LogP contribution in [-0.4, -0.2) is 25.5 Å². The van der Waals surface area contributed by atoms with Crippen molar-refractivity contribution >= 4 is 40.2 Å². The lowest BCUT2D eigenvalue weighted by Gasteiger charge is -2.06. The van der Waals surface area contributed by atoms with Gasteiger partial charge in [0.1, 0.15) is 6.73 Å². The Kier molecular flexibility index (Phi) is 3.59. The van der Waals surface area contributed by atoms with E-state index in [0.717, 1.165) is 16.8 Å². The monoisotopic (exact) mass is 339 g/mol. The number of carbonyl (C=O) groups is 1. The van der Waals surface area contributed by atoms with Crippen molar-refractivity contribution in [1.82, 2.24) is 0 Å². The summed E-state index contributed by atoms with van der Waals surface area (Å²) in [4.78, 5) is 17.1. The first-order valence-electron chi connectivity index (χ1n) is 7.45. The number of carbonyl (C=O) groups excluding carboxylic acids is 1. The average molecular weight is 340 g/mol. The van der Waals surface area contributed by atoms with E-state index < -0.39 is 0 Å². The van der Waals surface area contributed by atoms with Crippen molar-refractivity contribution in [3.63, 3.8) is 0 Å². The van der Waals surface area contributed by atoms with E-state index in [4.69, 9.17) is 16.3 Å². The molecule has 0 atom stereocenters. The molecule has 0 aromatic heterocycles. The largest absolute Gasteiger partial charge is 0.363 e. The van der Waals surface area contributed by atoms with Crippen LogP contribution >= 0.6 is 11.6 Å². The van der Waals surface area contributed by atoms with Gasteiger partial charge in [-0.3, -0.25) is 9.79 Å². The van der Waals surface area contributed by atoms with Gasteiger partial charge in [0.15, 0.2) is 0 Å². The Balaban J connectivity index is 1.95. The molecule has 2 heterocycles. The Labute approximate surface area is 144 Å². The molecule has 0 unspecified atom stereocenters. The highest BCUT2D eigenvalue weighted by Crippen LogP contribution is 2.41. The summed E-state index contributed by atoms with van der Waals surface area (Å²) in [5, 5.41) is 6.67. The number of anilines is 2. The van der Waals surface area contributed by atoms with Gasteiger partial charge in [-0.2, -0.15) is 0 Å². The summed E-state index contributed by atoms with van der Waals surface area (Å²) in [5.74, 6) is -0.196. The number of methoxy groups -OCH3 is 1. The lowest BCUT2D eigenvalue weighted by molar-refractivity contribution is -0.110. The average Bonchev–Trinajstić information content (AvgIpc) is 3.10. The summed E-state index contributed by atoms with van der Waals surface area (Å²) >= 11 is 6.21. The number of nitrogens with one attached hydrogen (secondary N) is 2. The molecule has 2 aliphatic rings. The first-order valence-corrected chi connectivity index (χ1v) is 7.83. The molecular formula is C18H14ClN3O2. The third-order valence-electron chi connectivity index (χ3n) is 4.03. The molecule has 5 nitrogen and oxygen atoms in total. The molecule has 24 heavy (non-hydrogen) atoms. The highest BCUT2D eigenvalue weighted by Gasteiger charge is 2.34. The molecule has 0 fully saturated rings. The van der Waals surface area contributed by atoms with Crippen molar-refractivity contribution in [1.29, 1.82) is 0 Å². The summed E-state index contributed by atoms with van der Waals surface area (Å²) in [7, 11) is 1.59. The van der Waals surface area contributed by atoms with Gasteiger partial charge >= 0.3 is 0 Å². The number of fused-ring (bicyclic) bond motifs is 2. The van der Waals surface area contributed by atoms with Crippen molar-refractivity contribution in [2.75, 3.05) is 24.5 Å². The van der Waals surface area contributed by atoms with Gasteiger partial charge in [0.05, 0.1) is 27.7 Å². The predicted octanol–water partition coefficient (Wildman–Crippen LogP) is 3.52. The van der Waals surface area contributed by atoms with Gasteiger partial charge in [0.25, 0.3) is 5.91 Å². The third kappa shape index (κ3) is 2.21. The molecule has 2 aliphatic heterocycles. The Morgan fingerprint density at radius 1 is 1.08 bits per heavy atom. The van der Waals surface area contributed by atoms with Gasteiger partial charge in [0, 0.05) is 23.9 Å². The van der Waals surface area contributed by atoms with Crippen LogP contribution in [0.25, 0.3) is 5.57 Å². The lowest BCUT2D eigenvalue weighted by Crippen LogP contribution is -2.13. The standard InChI is InChI=1S/C18H14ClN3O2/c1-24-9-20-16-10-5-2-3-8-13(10)21-17(16)14-11-6-4-7-12(19)15(11)22-18(14)23/h2-8,21H,9H2,1H3,(H,22,23)/b17-14-,20-16+. The highest BCUT2D eigenvalue weighted by atomic mass is 35.5. The van der Waals surface area contributed by atoms with E-state index >= 15 is 0 Å². The van der Waals surface area contributed by atoms with E-state index in [9.17, 15) is 4.79 Å². The SMILES string of the molecule is COC/N=C1/C(=C2/C(=O)Nc3c(Cl)cccc32)Nc2ccccc21. The van der Waals surface area contributed by atoms with Crippen LogP contribution in [-0.2, 0) is 9.53 Å². The molecule has 0 saturated carbocycles. The number of hydrogen-bond acceptors (Lipinski definition) is 4. The van der Waals surface area contributed by atoms with Gasteiger partial charge in [-0.15, -0.1) is 0 Å². The van der Waals surface area contributed by atoms with E-state index in [-0.39, 0.29) is 12.6 Å². The highest BCUT2D eigenvalue weighted by molar-refractivity contribution is 6.43. The fourth-order valence-corrected chi connectivity index (χ4v) is 3.23. The normalized spacial score (nSPS) is 19.9. The first kappa shape index (κ1) is 14.9. The van der Waals surface area contributed by atoms with E-state index in [1.165, 1.54) is 0 Å². The first-order chi connectivity index (χ1) is 11.7. The summed E-state index contributed by atoms with van der Waals surface area (Å²) in [6.45, 7) is 0.214. The summed E-state index contributed by atoms with van der Waals surface area (Å²) in [6, 6.07) is 13.3. The Bertz CT molecular complexity index is 918. The molecule has 2 aromatic carbocycles. The zero-order valence-corrected chi connectivity index (χ0v) is 13.6. The maximum Gasteiger partial charge on any atom is 0.258 e. The van der Waals surface area contributed by atoms with Crippen LogP contribution in [0.3, 0.4) is 0 Å². The summed E-state index contributed by atoms with van der Waals surface area (Å²) < 4.78 is 5.09. The number of allylic oxidation sites excluding steroid dienone is 1. The molecule has 0 spiro atoms. The molecular weight excluding hydrogens is 326 g/mol. The molecule has 2 aromatic rings. The minimum absolute atomic E-state index is 0.196. The zero-order valence-electron chi connectivity index (χ0n) is 12.9. The predicted molar refractivity (Wildman–Crippen MR) is 95.5 cm³/mol. The van der Waals surface area contributed by atoms with Crippen LogP contribution in [0.5, 0.6) is 0 Å². The van der Waals surface area contributed by atoms with E-state index in [1.54, 1.807) is 13.2 Å². The fraction of sp³-hybridized carbons (Fsp3) is 0.111. The molecule has 4 rings (SSSR count). The van der Waals surface area contributed by atoms with Crippen LogP contribution < -0.4 is 10.6 Å². The van der Waals surface area contributed by atoms with Crippen LogP contribution in [0.4, 0.5) is 11.4 Å². The van der Waals surface area contributed by atoms with Crippen molar-refractivity contribution in [2.45, 2.75) is 0 Å². The molecule has 0 bridgehead atoms. The summed E-state index contributed by atoms with van der Waals surface area (Å²) in [6.07, 6.45) is 0. The quantitative estimate of drug-likeness (QED) is 0.823. The second-order valence-electron chi connectivity index (χ2n) is 5.46. The molecule has 0 saturated heterocycles. The molecule has 120 valence electrons. The number of rotatable bonds is 2. The summed E-state index contributed by atoms with van der Waals surface area (Å²) in [5.41, 5.74) is 5.19. The van der Waals surface area contributed by atoms with Gasteiger partial charge in [-0.1, -0.05) is 41.9 Å². The van der Waals surface area contributed by atoms with E-state index in [2.05, 4.69) is 15.6 Å². The number of aliphatic imine (C=N–C) groups is 1. The topological polar surface area (TPSA) is 62.7 Å². The third-order valence-corrected chi connectivity index (χ3v) is 4.34. The number of amides is 1. The number of halogens is 1. The van der Waals surface area contributed by atoms with E-state index in [0.29, 0.717) is 27.7 Å². The maximum atomic E-state index is 12.6. The molecule has 1 amide bonds. The minimum Gasteiger partial charge on any atom is -0.363 e. The number of para-hydroxylation sites is 2. The van der Waals surface area contributed by atoms with Crippen LogP contribution in [0.1, 0.15) is 11.1 Å². The molecule has 2 N–H and O–H groups in total. The van der Waals surface area contributed by atoms with Gasteiger partial charge in [-0.25, -0.2) is 0 Å². The maximum absolute atomic E-state index is 12.6.